The summed E-state index contributed by atoms with van der Waals surface area (Å²) in [5.41, 5.74) is 1.14. The Morgan fingerprint density at radius 2 is 1.84 bits per heavy atom. The molecule has 0 rings (SSSR count). The second-order valence-electron chi connectivity index (χ2n) is 8.03. The first-order valence-electron chi connectivity index (χ1n) is 11.2. The van der Waals surface area contributed by atoms with Gasteiger partial charge in [0, 0.05) is 19.7 Å². The van der Waals surface area contributed by atoms with Crippen LogP contribution in [0.25, 0.3) is 0 Å². The van der Waals surface area contributed by atoms with Gasteiger partial charge in [-0.2, -0.15) is 0 Å². The summed E-state index contributed by atoms with van der Waals surface area (Å²) < 4.78 is 39.7. The van der Waals surface area contributed by atoms with Crippen LogP contribution in [-0.4, -0.2) is 51.6 Å². The Hall–Kier alpha value is -2.21. The third-order valence-electron chi connectivity index (χ3n) is 5.23. The lowest BCUT2D eigenvalue weighted by Crippen LogP contribution is -2.34. The summed E-state index contributed by atoms with van der Waals surface area (Å²) in [6, 6.07) is 0. The van der Waals surface area contributed by atoms with Crippen molar-refractivity contribution in [2.45, 2.75) is 60.8 Å². The first-order chi connectivity index (χ1) is 15.1. The van der Waals surface area contributed by atoms with Crippen LogP contribution in [0, 0.1) is 5.41 Å². The lowest BCUT2D eigenvalue weighted by molar-refractivity contribution is -0.0295. The molecule has 1 atom stereocenters. The van der Waals surface area contributed by atoms with E-state index in [4.69, 9.17) is 9.47 Å². The standard InChI is InChI=1S/C26H42F2N2O2/c1-10-13-15-22(14-11-2)17-32-18-26(7,25(27)28)21(6)24(31-9)16-23(20(4)5)29-19-30(8)12-3/h13-16,19,25H,4,10-12,17-18H2,1-3,5-9H3/b15-13-,22-14+,23-16+,24-21-,29-19+. The van der Waals surface area contributed by atoms with Crippen LogP contribution in [0.15, 0.2) is 64.1 Å². The van der Waals surface area contributed by atoms with Crippen LogP contribution in [-0.2, 0) is 9.47 Å². The summed E-state index contributed by atoms with van der Waals surface area (Å²) >= 11 is 0. The lowest BCUT2D eigenvalue weighted by atomic mass is 9.83. The molecule has 0 spiro atoms. The summed E-state index contributed by atoms with van der Waals surface area (Å²) in [6.45, 7) is 16.0. The van der Waals surface area contributed by atoms with Crippen molar-refractivity contribution in [1.29, 1.82) is 0 Å². The second-order valence-corrected chi connectivity index (χ2v) is 8.03. The van der Waals surface area contributed by atoms with Gasteiger partial charge in [0.05, 0.1) is 37.8 Å². The van der Waals surface area contributed by atoms with Crippen molar-refractivity contribution >= 4 is 6.34 Å². The molecule has 0 saturated heterocycles. The fourth-order valence-electron chi connectivity index (χ4n) is 2.66. The maximum atomic E-state index is 14.2. The number of methoxy groups -OCH3 is 1. The zero-order valence-electron chi connectivity index (χ0n) is 21.2. The van der Waals surface area contributed by atoms with Gasteiger partial charge < -0.3 is 14.4 Å². The minimum absolute atomic E-state index is 0.136. The van der Waals surface area contributed by atoms with Gasteiger partial charge >= 0.3 is 0 Å². The number of hydrogen-bond donors (Lipinski definition) is 0. The molecule has 0 saturated carbocycles. The highest BCUT2D eigenvalue weighted by molar-refractivity contribution is 5.58. The smallest absolute Gasteiger partial charge is 0.249 e. The van der Waals surface area contributed by atoms with E-state index in [1.165, 1.54) is 14.0 Å². The number of hydrogen-bond acceptors (Lipinski definition) is 3. The van der Waals surface area contributed by atoms with Gasteiger partial charge in [0.25, 0.3) is 0 Å². The Bertz CT molecular complexity index is 736. The van der Waals surface area contributed by atoms with Gasteiger partial charge in [-0.15, -0.1) is 0 Å². The summed E-state index contributed by atoms with van der Waals surface area (Å²) in [7, 11) is 3.37. The number of rotatable bonds is 15. The van der Waals surface area contributed by atoms with Crippen LogP contribution in [0.5, 0.6) is 0 Å². The lowest BCUT2D eigenvalue weighted by Gasteiger charge is -2.31. The van der Waals surface area contributed by atoms with E-state index in [9.17, 15) is 8.78 Å². The van der Waals surface area contributed by atoms with Crippen LogP contribution in [0.4, 0.5) is 8.78 Å². The molecule has 0 aromatic heterocycles. The number of allylic oxidation sites excluding steroid dienone is 4. The average molecular weight is 453 g/mol. The molecular weight excluding hydrogens is 410 g/mol. The molecule has 0 heterocycles. The summed E-state index contributed by atoms with van der Waals surface area (Å²) in [6.07, 6.45) is 8.54. The molecule has 0 N–H and O–H groups in total. The highest BCUT2D eigenvalue weighted by atomic mass is 19.3. The zero-order valence-corrected chi connectivity index (χ0v) is 21.2. The summed E-state index contributed by atoms with van der Waals surface area (Å²) in [5.74, 6) is 0.334. The van der Waals surface area contributed by atoms with Gasteiger partial charge in [-0.05, 0) is 57.3 Å². The molecule has 32 heavy (non-hydrogen) atoms. The average Bonchev–Trinajstić information content (AvgIpc) is 2.76. The van der Waals surface area contributed by atoms with Crippen LogP contribution >= 0.6 is 0 Å². The van der Waals surface area contributed by atoms with Crippen molar-refractivity contribution in [2.24, 2.45) is 10.4 Å². The third kappa shape index (κ3) is 9.94. The number of nitrogens with zero attached hydrogens (tertiary/aromatic N) is 2. The largest absolute Gasteiger partial charge is 0.497 e. The molecule has 6 heteroatoms. The van der Waals surface area contributed by atoms with E-state index >= 15 is 0 Å². The fraction of sp³-hybridized carbons (Fsp3) is 0.577. The highest BCUT2D eigenvalue weighted by Crippen LogP contribution is 2.37. The monoisotopic (exact) mass is 452 g/mol. The number of aliphatic imine (C=N–C) groups is 1. The SMILES string of the molecule is C=C(C)C(=C\C(OC)=C(/C)C(C)(COCC(/C=C\CC)=C/CC)C(F)F)/N=C/N(C)CC. The van der Waals surface area contributed by atoms with Crippen molar-refractivity contribution in [2.75, 3.05) is 33.9 Å². The van der Waals surface area contributed by atoms with Crippen LogP contribution in [0.2, 0.25) is 0 Å². The minimum Gasteiger partial charge on any atom is -0.497 e. The van der Waals surface area contributed by atoms with Crippen molar-refractivity contribution in [3.05, 3.63) is 59.1 Å². The van der Waals surface area contributed by atoms with E-state index in [-0.39, 0.29) is 13.2 Å². The second kappa shape index (κ2) is 15.6. The minimum atomic E-state index is -2.63. The molecule has 0 amide bonds. The van der Waals surface area contributed by atoms with Crippen molar-refractivity contribution in [3.8, 4) is 0 Å². The fourth-order valence-corrected chi connectivity index (χ4v) is 2.66. The first-order valence-corrected chi connectivity index (χ1v) is 11.2. The molecule has 0 aliphatic heterocycles. The molecule has 0 aliphatic rings. The van der Waals surface area contributed by atoms with Gasteiger partial charge in [-0.3, -0.25) is 0 Å². The van der Waals surface area contributed by atoms with Gasteiger partial charge in [-0.1, -0.05) is 38.7 Å². The molecule has 1 unspecified atom stereocenters. The van der Waals surface area contributed by atoms with E-state index in [1.54, 1.807) is 19.3 Å². The molecule has 4 nitrogen and oxygen atoms in total. The van der Waals surface area contributed by atoms with E-state index < -0.39 is 11.8 Å². The first kappa shape index (κ1) is 29.8. The zero-order chi connectivity index (χ0) is 24.7. The van der Waals surface area contributed by atoms with Crippen LogP contribution in [0.3, 0.4) is 0 Å². The Labute approximate surface area is 194 Å². The molecule has 0 fully saturated rings. The van der Waals surface area contributed by atoms with Gasteiger partial charge in [-0.25, -0.2) is 13.8 Å². The van der Waals surface area contributed by atoms with Gasteiger partial charge in [0.15, 0.2) is 0 Å². The number of halogens is 2. The topological polar surface area (TPSA) is 34.1 Å². The normalized spacial score (nSPS) is 16.0. The van der Waals surface area contributed by atoms with E-state index in [2.05, 4.69) is 11.6 Å². The molecule has 182 valence electrons. The van der Waals surface area contributed by atoms with Crippen molar-refractivity contribution < 1.29 is 18.3 Å². The highest BCUT2D eigenvalue weighted by Gasteiger charge is 2.39. The van der Waals surface area contributed by atoms with E-state index in [0.29, 0.717) is 22.6 Å². The summed E-state index contributed by atoms with van der Waals surface area (Å²) in [5, 5.41) is 0. The predicted molar refractivity (Wildman–Crippen MR) is 132 cm³/mol. The predicted octanol–water partition coefficient (Wildman–Crippen LogP) is 6.94. The molecular formula is C26H42F2N2O2. The van der Waals surface area contributed by atoms with Gasteiger partial charge in [0.2, 0.25) is 6.43 Å². The summed E-state index contributed by atoms with van der Waals surface area (Å²) in [4.78, 5) is 6.35. The van der Waals surface area contributed by atoms with Crippen molar-refractivity contribution in [1.82, 2.24) is 4.90 Å². The Kier molecular flexibility index (Phi) is 14.5. The quantitative estimate of drug-likeness (QED) is 0.117. The molecule has 0 radical (unpaired) electrons. The molecule has 0 bridgehead atoms. The van der Waals surface area contributed by atoms with Gasteiger partial charge in [0.1, 0.15) is 5.76 Å². The third-order valence-corrected chi connectivity index (χ3v) is 5.23. The molecule has 0 aromatic carbocycles. The van der Waals surface area contributed by atoms with E-state index in [0.717, 1.165) is 25.0 Å². The molecule has 0 aromatic rings. The Morgan fingerprint density at radius 3 is 2.31 bits per heavy atom. The van der Waals surface area contributed by atoms with Crippen LogP contribution in [0.1, 0.15) is 54.4 Å². The maximum Gasteiger partial charge on any atom is 0.249 e. The maximum absolute atomic E-state index is 14.2. The Morgan fingerprint density at radius 1 is 1.19 bits per heavy atom. The Balaban J connectivity index is 5.94. The van der Waals surface area contributed by atoms with Crippen molar-refractivity contribution in [3.63, 3.8) is 0 Å². The van der Waals surface area contributed by atoms with Crippen LogP contribution < -0.4 is 0 Å². The number of ether oxygens (including phenoxy) is 2. The van der Waals surface area contributed by atoms with E-state index in [1.807, 2.05) is 57.9 Å². The molecule has 0 aliphatic carbocycles. The number of alkyl halides is 2.